The van der Waals surface area contributed by atoms with Crippen molar-refractivity contribution in [2.45, 2.75) is 0 Å². The van der Waals surface area contributed by atoms with Crippen LogP contribution in [0.1, 0.15) is 0 Å². The average molecular weight is 442 g/mol. The molecule has 0 aliphatic carbocycles. The van der Waals surface area contributed by atoms with Gasteiger partial charge in [-0.25, -0.2) is 4.57 Å². The molecular formula is C30H25N4+. The van der Waals surface area contributed by atoms with Crippen molar-refractivity contribution in [2.24, 2.45) is 12.0 Å². The molecule has 0 N–H and O–H groups in total. The summed E-state index contributed by atoms with van der Waals surface area (Å²) >= 11 is 0. The number of allylic oxidation sites excluding steroid dienone is 3. The van der Waals surface area contributed by atoms with E-state index < -0.39 is 0 Å². The van der Waals surface area contributed by atoms with Crippen molar-refractivity contribution < 1.29 is 4.57 Å². The Morgan fingerprint density at radius 2 is 1.41 bits per heavy atom. The van der Waals surface area contributed by atoms with Crippen LogP contribution in [0.3, 0.4) is 0 Å². The lowest BCUT2D eigenvalue weighted by Crippen LogP contribution is -2.26. The monoisotopic (exact) mass is 441 g/mol. The van der Waals surface area contributed by atoms with Gasteiger partial charge in [-0.3, -0.25) is 4.99 Å². The Bertz CT molecular complexity index is 1780. The van der Waals surface area contributed by atoms with Crippen molar-refractivity contribution in [2.75, 3.05) is 7.05 Å². The molecule has 4 nitrogen and oxygen atoms in total. The lowest BCUT2D eigenvalue weighted by atomic mass is 10.1. The van der Waals surface area contributed by atoms with Crippen molar-refractivity contribution in [1.29, 1.82) is 0 Å². The van der Waals surface area contributed by atoms with Gasteiger partial charge >= 0.3 is 0 Å². The molecule has 3 aromatic heterocycles. The van der Waals surface area contributed by atoms with Crippen LogP contribution >= 0.6 is 0 Å². The zero-order valence-corrected chi connectivity index (χ0v) is 19.3. The summed E-state index contributed by atoms with van der Waals surface area (Å²) < 4.78 is 6.71. The highest BCUT2D eigenvalue weighted by molar-refractivity contribution is 6.19. The minimum Gasteiger partial charge on any atom is -0.309 e. The van der Waals surface area contributed by atoms with Gasteiger partial charge < -0.3 is 9.13 Å². The number of aliphatic imine (C=N–C) groups is 1. The Morgan fingerprint density at radius 1 is 0.794 bits per heavy atom. The van der Waals surface area contributed by atoms with Gasteiger partial charge in [0, 0.05) is 52.6 Å². The molecule has 0 spiro atoms. The number of rotatable bonds is 4. The maximum absolute atomic E-state index is 4.16. The largest absolute Gasteiger partial charge is 0.309 e. The SMILES string of the molecule is C=CC(=CC=NC)n1c2ccccc2c2cc3c(cc21)c1ccccc1n3-c1cc[n+](C)cc1. The smallest absolute Gasteiger partial charge is 0.170 e. The molecule has 0 saturated heterocycles. The van der Waals surface area contributed by atoms with Crippen LogP contribution in [0.4, 0.5) is 0 Å². The molecule has 0 fully saturated rings. The van der Waals surface area contributed by atoms with E-state index in [-0.39, 0.29) is 0 Å². The molecule has 34 heavy (non-hydrogen) atoms. The Balaban J connectivity index is 1.80. The summed E-state index contributed by atoms with van der Waals surface area (Å²) in [5.41, 5.74) is 6.86. The van der Waals surface area contributed by atoms with E-state index in [0.717, 1.165) is 22.4 Å². The highest BCUT2D eigenvalue weighted by Gasteiger charge is 2.18. The van der Waals surface area contributed by atoms with Gasteiger partial charge in [0.2, 0.25) is 0 Å². The van der Waals surface area contributed by atoms with E-state index in [1.807, 2.05) is 25.4 Å². The maximum Gasteiger partial charge on any atom is 0.170 e. The molecule has 164 valence electrons. The number of aromatic nitrogens is 3. The molecule has 3 heterocycles. The molecule has 4 heteroatoms. The summed E-state index contributed by atoms with van der Waals surface area (Å²) in [5.74, 6) is 0. The molecule has 3 aromatic carbocycles. The molecule has 0 aliphatic rings. The fourth-order valence-corrected chi connectivity index (χ4v) is 5.01. The van der Waals surface area contributed by atoms with E-state index in [1.54, 1.807) is 7.05 Å². The van der Waals surface area contributed by atoms with Gasteiger partial charge in [0.1, 0.15) is 7.05 Å². The average Bonchev–Trinajstić information content (AvgIpc) is 3.37. The zero-order chi connectivity index (χ0) is 23.2. The molecule has 0 unspecified atom stereocenters. The van der Waals surface area contributed by atoms with Gasteiger partial charge in [-0.15, -0.1) is 0 Å². The van der Waals surface area contributed by atoms with E-state index >= 15 is 0 Å². The van der Waals surface area contributed by atoms with Crippen molar-refractivity contribution in [1.82, 2.24) is 9.13 Å². The summed E-state index contributed by atoms with van der Waals surface area (Å²) in [7, 11) is 3.83. The Hall–Kier alpha value is -4.44. The van der Waals surface area contributed by atoms with Crippen molar-refractivity contribution in [3.8, 4) is 5.69 Å². The first-order chi connectivity index (χ1) is 16.7. The first-order valence-corrected chi connectivity index (χ1v) is 11.4. The van der Waals surface area contributed by atoms with Gasteiger partial charge in [-0.2, -0.15) is 0 Å². The predicted octanol–water partition coefficient (Wildman–Crippen LogP) is 6.44. The van der Waals surface area contributed by atoms with Crippen LogP contribution in [0.2, 0.25) is 0 Å². The number of para-hydroxylation sites is 2. The van der Waals surface area contributed by atoms with Gasteiger partial charge in [-0.1, -0.05) is 43.0 Å². The van der Waals surface area contributed by atoms with Gasteiger partial charge in [0.25, 0.3) is 0 Å². The fourth-order valence-electron chi connectivity index (χ4n) is 5.01. The number of fused-ring (bicyclic) bond motifs is 6. The number of aryl methyl sites for hydroxylation is 1. The Kier molecular flexibility index (Phi) is 4.66. The first kappa shape index (κ1) is 20.2. The van der Waals surface area contributed by atoms with E-state index in [4.69, 9.17) is 0 Å². The van der Waals surface area contributed by atoms with Crippen LogP contribution < -0.4 is 4.57 Å². The van der Waals surface area contributed by atoms with Crippen LogP contribution in [-0.2, 0) is 7.05 Å². The lowest BCUT2D eigenvalue weighted by molar-refractivity contribution is -0.671. The lowest BCUT2D eigenvalue weighted by Gasteiger charge is -2.09. The van der Waals surface area contributed by atoms with E-state index in [9.17, 15) is 0 Å². The number of pyridine rings is 1. The quantitative estimate of drug-likeness (QED) is 0.171. The molecule has 6 rings (SSSR count). The Morgan fingerprint density at radius 3 is 2.12 bits per heavy atom. The summed E-state index contributed by atoms with van der Waals surface area (Å²) in [6.07, 6.45) is 9.91. The van der Waals surface area contributed by atoms with Gasteiger partial charge in [0.15, 0.2) is 12.4 Å². The minimum absolute atomic E-state index is 0.996. The topological polar surface area (TPSA) is 26.1 Å². The highest BCUT2D eigenvalue weighted by atomic mass is 15.0. The van der Waals surface area contributed by atoms with E-state index in [1.165, 1.54) is 32.6 Å². The van der Waals surface area contributed by atoms with Crippen LogP contribution in [0.15, 0.2) is 109 Å². The standard InChI is InChI=1S/C30H25N4/c1-4-21(13-16-31-2)33-27-11-7-5-9-23(27)25-20-30-26(19-29(25)33)24-10-6-8-12-28(24)34(30)22-14-17-32(3)18-15-22/h4-20H,1H2,2-3H3/q+1. The molecular weight excluding hydrogens is 416 g/mol. The number of nitrogens with zero attached hydrogens (tertiary/aromatic N) is 4. The van der Waals surface area contributed by atoms with Gasteiger partial charge in [-0.05, 0) is 36.4 Å². The van der Waals surface area contributed by atoms with Crippen LogP contribution in [0.25, 0.3) is 55.0 Å². The second kappa shape index (κ2) is 7.85. The zero-order valence-electron chi connectivity index (χ0n) is 19.3. The highest BCUT2D eigenvalue weighted by Crippen LogP contribution is 2.39. The fraction of sp³-hybridized carbons (Fsp3) is 0.0667. The number of hydrogen-bond acceptors (Lipinski definition) is 1. The number of hydrogen-bond donors (Lipinski definition) is 0. The molecule has 0 atom stereocenters. The summed E-state index contributed by atoms with van der Waals surface area (Å²) in [6, 6.07) is 26.2. The summed E-state index contributed by atoms with van der Waals surface area (Å²) in [6.45, 7) is 4.09. The molecule has 0 radical (unpaired) electrons. The molecule has 0 bridgehead atoms. The van der Waals surface area contributed by atoms with Crippen molar-refractivity contribution in [3.63, 3.8) is 0 Å². The van der Waals surface area contributed by atoms with Crippen LogP contribution in [-0.4, -0.2) is 22.4 Å². The molecule has 0 aliphatic heterocycles. The van der Waals surface area contributed by atoms with Crippen molar-refractivity contribution >= 4 is 55.5 Å². The second-order valence-electron chi connectivity index (χ2n) is 8.52. The third-order valence-corrected chi connectivity index (χ3v) is 6.55. The van der Waals surface area contributed by atoms with Gasteiger partial charge in [0.05, 0.1) is 27.8 Å². The summed E-state index contributed by atoms with van der Waals surface area (Å²) in [5, 5.41) is 4.91. The normalized spacial score (nSPS) is 12.6. The molecule has 0 saturated carbocycles. The predicted molar refractivity (Wildman–Crippen MR) is 144 cm³/mol. The minimum atomic E-state index is 0.996. The molecule has 0 amide bonds. The van der Waals surface area contributed by atoms with Crippen molar-refractivity contribution in [3.05, 3.63) is 104 Å². The third-order valence-electron chi connectivity index (χ3n) is 6.55. The maximum atomic E-state index is 4.16. The summed E-state index contributed by atoms with van der Waals surface area (Å²) in [4.78, 5) is 4.16. The second-order valence-corrected chi connectivity index (χ2v) is 8.52. The van der Waals surface area contributed by atoms with E-state index in [2.05, 4.69) is 110 Å². The third kappa shape index (κ3) is 2.92. The van der Waals surface area contributed by atoms with E-state index in [0.29, 0.717) is 0 Å². The van der Waals surface area contributed by atoms with Crippen LogP contribution in [0.5, 0.6) is 0 Å². The number of benzene rings is 3. The first-order valence-electron chi connectivity index (χ1n) is 11.4. The Labute approximate surface area is 198 Å². The molecule has 6 aromatic rings. The van der Waals surface area contributed by atoms with Crippen LogP contribution in [0, 0.1) is 0 Å².